The molecule has 3 N–H and O–H groups in total. The highest BCUT2D eigenvalue weighted by atomic mass is 35.5. The summed E-state index contributed by atoms with van der Waals surface area (Å²) in [5.41, 5.74) is 3.62. The number of ether oxygens (including phenoxy) is 3. The zero-order valence-corrected chi connectivity index (χ0v) is 21.6. The number of rotatable bonds is 5. The number of hydrogen-bond donors (Lipinski definition) is 3. The van der Waals surface area contributed by atoms with E-state index in [1.165, 1.54) is 16.7 Å². The van der Waals surface area contributed by atoms with Crippen LogP contribution in [0.5, 0.6) is 6.01 Å². The first-order chi connectivity index (χ1) is 18.8. The van der Waals surface area contributed by atoms with E-state index in [1.54, 1.807) is 25.4 Å². The highest BCUT2D eigenvalue weighted by Gasteiger charge is 2.48. The Balaban J connectivity index is 1.12. The smallest absolute Gasteiger partial charge is 0.296 e. The fourth-order valence-electron chi connectivity index (χ4n) is 5.66. The van der Waals surface area contributed by atoms with Gasteiger partial charge in [0.15, 0.2) is 11.8 Å². The lowest BCUT2D eigenvalue weighted by molar-refractivity contribution is 0.00706. The van der Waals surface area contributed by atoms with Crippen molar-refractivity contribution in [2.24, 2.45) is 7.05 Å². The van der Waals surface area contributed by atoms with Crippen molar-refractivity contribution in [3.05, 3.63) is 68.8 Å². The van der Waals surface area contributed by atoms with Gasteiger partial charge in [-0.25, -0.2) is 9.37 Å². The van der Waals surface area contributed by atoms with Crippen molar-refractivity contribution >= 4 is 28.6 Å². The fraction of sp³-hybridized carbons (Fsp3) is 0.370. The van der Waals surface area contributed by atoms with Gasteiger partial charge in [-0.2, -0.15) is 4.98 Å². The summed E-state index contributed by atoms with van der Waals surface area (Å²) in [4.78, 5) is 24.1. The molecular weight excluding hydrogens is 529 g/mol. The molecule has 3 aromatic heterocycles. The fourth-order valence-corrected chi connectivity index (χ4v) is 5.87. The third kappa shape index (κ3) is 4.26. The lowest BCUT2D eigenvalue weighted by Crippen LogP contribution is -2.34. The predicted octanol–water partition coefficient (Wildman–Crippen LogP) is 3.12. The number of benzene rings is 1. The van der Waals surface area contributed by atoms with E-state index >= 15 is 4.39 Å². The minimum atomic E-state index is -0.669. The molecule has 12 heteroatoms. The van der Waals surface area contributed by atoms with Gasteiger partial charge in [-0.15, -0.1) is 0 Å². The highest BCUT2D eigenvalue weighted by Crippen LogP contribution is 2.39. The normalized spacial score (nSPS) is 25.7. The van der Waals surface area contributed by atoms with E-state index in [4.69, 9.17) is 25.8 Å². The molecule has 4 aromatic rings. The molecule has 0 radical (unpaired) electrons. The van der Waals surface area contributed by atoms with Crippen LogP contribution >= 0.6 is 11.6 Å². The van der Waals surface area contributed by atoms with Gasteiger partial charge in [0.25, 0.3) is 11.6 Å². The molecule has 2 unspecified atom stereocenters. The van der Waals surface area contributed by atoms with E-state index in [1.807, 2.05) is 6.07 Å². The Bertz CT molecular complexity index is 1660. The largest absolute Gasteiger partial charge is 0.456 e. The van der Waals surface area contributed by atoms with Crippen molar-refractivity contribution in [1.29, 1.82) is 0 Å². The third-order valence-corrected chi connectivity index (χ3v) is 7.95. The molecule has 1 aliphatic carbocycles. The Labute approximate surface area is 226 Å². The van der Waals surface area contributed by atoms with Gasteiger partial charge in [-0.1, -0.05) is 17.7 Å². The number of fused-ring (bicyclic) bond motifs is 3. The Morgan fingerprint density at radius 2 is 2.03 bits per heavy atom. The number of imidazole rings is 1. The van der Waals surface area contributed by atoms with Gasteiger partial charge in [0.2, 0.25) is 0 Å². The molecule has 1 aromatic carbocycles. The van der Waals surface area contributed by atoms with Gasteiger partial charge in [-0.05, 0) is 47.7 Å². The van der Waals surface area contributed by atoms with Crippen LogP contribution in [-0.2, 0) is 22.9 Å². The Hall–Kier alpha value is -3.51. The maximum atomic E-state index is 15.4. The minimum absolute atomic E-state index is 0.151. The van der Waals surface area contributed by atoms with Crippen LogP contribution in [0.2, 0.25) is 5.02 Å². The first-order valence-electron chi connectivity index (χ1n) is 12.7. The molecule has 2 fully saturated rings. The zero-order valence-electron chi connectivity index (χ0n) is 20.9. The monoisotopic (exact) mass is 553 g/mol. The van der Waals surface area contributed by atoms with Crippen LogP contribution in [0.25, 0.3) is 22.3 Å². The number of anilines is 1. The van der Waals surface area contributed by atoms with Crippen LogP contribution in [0.3, 0.4) is 0 Å². The maximum absolute atomic E-state index is 15.4. The number of H-pyrrole nitrogens is 1. The molecule has 5 heterocycles. The van der Waals surface area contributed by atoms with Gasteiger partial charge >= 0.3 is 0 Å². The van der Waals surface area contributed by atoms with Crippen LogP contribution < -0.4 is 15.6 Å². The second-order valence-electron chi connectivity index (χ2n) is 10.2. The molecule has 0 amide bonds. The Kier molecular flexibility index (Phi) is 5.85. The van der Waals surface area contributed by atoms with Gasteiger partial charge < -0.3 is 34.2 Å². The number of aliphatic hydroxyl groups excluding tert-OH is 1. The molecule has 2 saturated heterocycles. The molecule has 202 valence electrons. The average Bonchev–Trinajstić information content (AvgIpc) is 3.67. The molecule has 0 bridgehead atoms. The van der Waals surface area contributed by atoms with Crippen LogP contribution in [0.4, 0.5) is 10.2 Å². The second kappa shape index (κ2) is 9.30. The molecule has 2 aliphatic heterocycles. The lowest BCUT2D eigenvalue weighted by Gasteiger charge is -2.17. The van der Waals surface area contributed by atoms with Crippen LogP contribution in [0, 0.1) is 5.82 Å². The van der Waals surface area contributed by atoms with Crippen molar-refractivity contribution in [3.8, 4) is 17.1 Å². The molecule has 39 heavy (non-hydrogen) atoms. The molecular formula is C27H25ClFN5O5. The first kappa shape index (κ1) is 24.5. The summed E-state index contributed by atoms with van der Waals surface area (Å²) < 4.78 is 34.0. The summed E-state index contributed by atoms with van der Waals surface area (Å²) in [5.74, 6) is 0.0452. The quantitative estimate of drug-likeness (QED) is 0.344. The summed E-state index contributed by atoms with van der Waals surface area (Å²) in [6.07, 6.45) is 1.15. The van der Waals surface area contributed by atoms with Crippen molar-refractivity contribution in [2.75, 3.05) is 18.5 Å². The first-order valence-corrected chi connectivity index (χ1v) is 13.1. The number of halogens is 2. The third-order valence-electron chi connectivity index (χ3n) is 7.66. The van der Waals surface area contributed by atoms with Gasteiger partial charge in [0.05, 0.1) is 29.8 Å². The van der Waals surface area contributed by atoms with Crippen molar-refractivity contribution in [3.63, 3.8) is 0 Å². The molecule has 3 aliphatic rings. The number of aliphatic hydroxyl groups is 1. The summed E-state index contributed by atoms with van der Waals surface area (Å²) in [7, 11) is 1.68. The average molecular weight is 554 g/mol. The van der Waals surface area contributed by atoms with E-state index in [-0.39, 0.29) is 42.7 Å². The summed E-state index contributed by atoms with van der Waals surface area (Å²) >= 11 is 6.54. The number of aryl methyl sites for hydroxylation is 2. The highest BCUT2D eigenvalue weighted by molar-refractivity contribution is 6.33. The zero-order chi connectivity index (χ0) is 26.8. The van der Waals surface area contributed by atoms with Crippen LogP contribution in [0.1, 0.15) is 23.6 Å². The van der Waals surface area contributed by atoms with Gasteiger partial charge in [0.1, 0.15) is 29.9 Å². The molecule has 5 atom stereocenters. The van der Waals surface area contributed by atoms with Crippen molar-refractivity contribution < 1.29 is 23.7 Å². The molecule has 7 rings (SSSR count). The molecule has 0 spiro atoms. The van der Waals surface area contributed by atoms with E-state index in [0.717, 1.165) is 5.56 Å². The number of nitrogens with zero attached hydrogens (tertiary/aromatic N) is 3. The lowest BCUT2D eigenvalue weighted by atomic mass is 9.99. The number of aromatic nitrogens is 4. The van der Waals surface area contributed by atoms with Crippen molar-refractivity contribution in [2.45, 2.75) is 43.3 Å². The topological polar surface area (TPSA) is 124 Å². The second-order valence-corrected chi connectivity index (χ2v) is 10.6. The van der Waals surface area contributed by atoms with E-state index in [9.17, 15) is 9.90 Å². The maximum Gasteiger partial charge on any atom is 0.296 e. The number of hydrogen-bond acceptors (Lipinski definition) is 8. The number of aromatic amines is 1. The summed E-state index contributed by atoms with van der Waals surface area (Å²) in [6.45, 7) is 0.486. The van der Waals surface area contributed by atoms with Crippen molar-refractivity contribution in [1.82, 2.24) is 19.5 Å². The van der Waals surface area contributed by atoms with Crippen LogP contribution in [-0.4, -0.2) is 62.3 Å². The predicted molar refractivity (Wildman–Crippen MR) is 141 cm³/mol. The molecule has 10 nitrogen and oxygen atoms in total. The number of pyridine rings is 2. The van der Waals surface area contributed by atoms with E-state index < -0.39 is 18.3 Å². The van der Waals surface area contributed by atoms with E-state index in [2.05, 4.69) is 20.3 Å². The van der Waals surface area contributed by atoms with Gasteiger partial charge in [-0.3, -0.25) is 4.79 Å². The van der Waals surface area contributed by atoms with E-state index in [0.29, 0.717) is 51.5 Å². The van der Waals surface area contributed by atoms with Crippen LogP contribution in [0.15, 0.2) is 41.3 Å². The SMILES string of the molecule is Cn1ccc(-c2cc(F)c3c(c2)CCC3Nc2nc3nc(O[C@@H]4COC5[C@H](O)CO[C@@H]54)[nH]c3cc2Cl)cc1=O. The standard InChI is InChI=1S/C27H25ClFN5O5/c1-34-5-4-12(8-21(34)36)14-6-13-2-3-17(22(13)16(29)7-14)30-25-15(28)9-18-26(32-25)33-27(31-18)39-20-11-38-23-19(35)10-37-24(20)23/h4-9,17,19-20,23-24,35H,2-3,10-11H2,1H3,(H2,30,31,32,33)/t17?,19-,20-,23?,24-/m1/s1. The summed E-state index contributed by atoms with van der Waals surface area (Å²) in [6, 6.07) is 8.33. The Morgan fingerprint density at radius 1 is 1.18 bits per heavy atom. The molecule has 0 saturated carbocycles. The number of nitrogens with one attached hydrogen (secondary N) is 2. The minimum Gasteiger partial charge on any atom is -0.456 e. The van der Waals surface area contributed by atoms with Gasteiger partial charge in [0, 0.05) is 24.9 Å². The summed E-state index contributed by atoms with van der Waals surface area (Å²) in [5, 5.41) is 13.6. The Morgan fingerprint density at radius 3 is 2.87 bits per heavy atom.